The van der Waals surface area contributed by atoms with Crippen molar-refractivity contribution in [2.75, 3.05) is 0 Å². The monoisotopic (exact) mass is 156 g/mol. The van der Waals surface area contributed by atoms with Gasteiger partial charge in [0.2, 0.25) is 0 Å². The molecule has 0 bridgehead atoms. The van der Waals surface area contributed by atoms with Crippen LogP contribution < -0.4 is 0 Å². The third-order valence-corrected chi connectivity index (χ3v) is 2.90. The van der Waals surface area contributed by atoms with E-state index < -0.39 is 0 Å². The average Bonchev–Trinajstić information content (AvgIpc) is 1.86. The molecule has 0 atom stereocenters. The van der Waals surface area contributed by atoms with Crippen LogP contribution in [-0.4, -0.2) is 11.2 Å². The highest BCUT2D eigenvalue weighted by Gasteiger charge is 2.41. The number of hydrogen-bond acceptors (Lipinski definition) is 1. The Morgan fingerprint density at radius 2 is 1.64 bits per heavy atom. The molecular formula is C10H20O. The second-order valence-electron chi connectivity index (χ2n) is 4.06. The first-order valence-corrected chi connectivity index (χ1v) is 4.90. The van der Waals surface area contributed by atoms with Crippen molar-refractivity contribution in [2.24, 2.45) is 5.41 Å². The summed E-state index contributed by atoms with van der Waals surface area (Å²) < 4.78 is 0. The fraction of sp³-hybridized carbons (Fsp3) is 1.00. The van der Waals surface area contributed by atoms with Crippen LogP contribution in [0, 0.1) is 5.41 Å². The molecule has 0 radical (unpaired) electrons. The molecule has 1 N–H and O–H groups in total. The van der Waals surface area contributed by atoms with Crippen LogP contribution in [0.2, 0.25) is 0 Å². The van der Waals surface area contributed by atoms with Crippen molar-refractivity contribution in [3.8, 4) is 0 Å². The molecule has 0 aromatic carbocycles. The number of aliphatic hydroxyl groups is 1. The van der Waals surface area contributed by atoms with Crippen LogP contribution in [-0.2, 0) is 0 Å². The fourth-order valence-electron chi connectivity index (χ4n) is 2.53. The van der Waals surface area contributed by atoms with Crippen molar-refractivity contribution < 1.29 is 5.11 Å². The van der Waals surface area contributed by atoms with Crippen molar-refractivity contribution in [3.05, 3.63) is 0 Å². The highest BCUT2D eigenvalue weighted by atomic mass is 16.3. The Balaban J connectivity index is 2.33. The van der Waals surface area contributed by atoms with Crippen LogP contribution >= 0.6 is 0 Å². The van der Waals surface area contributed by atoms with Gasteiger partial charge in [-0.2, -0.15) is 0 Å². The summed E-state index contributed by atoms with van der Waals surface area (Å²) in [5, 5.41) is 9.24. The van der Waals surface area contributed by atoms with Gasteiger partial charge in [0, 0.05) is 0 Å². The number of hydrogen-bond donors (Lipinski definition) is 1. The van der Waals surface area contributed by atoms with E-state index in [9.17, 15) is 5.11 Å². The summed E-state index contributed by atoms with van der Waals surface area (Å²) in [6.45, 7) is 4.48. The van der Waals surface area contributed by atoms with Gasteiger partial charge in [-0.3, -0.25) is 0 Å². The maximum atomic E-state index is 9.24. The van der Waals surface area contributed by atoms with Crippen LogP contribution in [0.1, 0.15) is 52.4 Å². The normalized spacial score (nSPS) is 23.2. The lowest BCUT2D eigenvalue weighted by molar-refractivity contribution is -0.0435. The Hall–Kier alpha value is -0.0400. The Labute approximate surface area is 69.8 Å². The second kappa shape index (κ2) is 3.57. The SMILES string of the molecule is CCCC1(CCC)CC(O)C1. The zero-order valence-electron chi connectivity index (χ0n) is 7.77. The molecule has 66 valence electrons. The third kappa shape index (κ3) is 1.96. The van der Waals surface area contributed by atoms with E-state index in [-0.39, 0.29) is 6.10 Å². The molecule has 0 aromatic rings. The van der Waals surface area contributed by atoms with E-state index in [1.54, 1.807) is 0 Å². The van der Waals surface area contributed by atoms with Gasteiger partial charge in [0.1, 0.15) is 0 Å². The van der Waals surface area contributed by atoms with Crippen LogP contribution in [0.15, 0.2) is 0 Å². The Kier molecular flexibility index (Phi) is 2.94. The molecule has 1 aliphatic rings. The predicted molar refractivity (Wildman–Crippen MR) is 47.5 cm³/mol. The largest absolute Gasteiger partial charge is 0.393 e. The quantitative estimate of drug-likeness (QED) is 0.663. The van der Waals surface area contributed by atoms with Gasteiger partial charge in [-0.15, -0.1) is 0 Å². The predicted octanol–water partition coefficient (Wildman–Crippen LogP) is 2.73. The van der Waals surface area contributed by atoms with Gasteiger partial charge in [0.05, 0.1) is 6.10 Å². The van der Waals surface area contributed by atoms with E-state index in [1.165, 1.54) is 25.7 Å². The van der Waals surface area contributed by atoms with Crippen LogP contribution in [0.3, 0.4) is 0 Å². The first-order valence-electron chi connectivity index (χ1n) is 4.90. The topological polar surface area (TPSA) is 20.2 Å². The molecule has 0 unspecified atom stereocenters. The fourth-order valence-corrected chi connectivity index (χ4v) is 2.53. The van der Waals surface area contributed by atoms with Gasteiger partial charge in [0.15, 0.2) is 0 Å². The minimum atomic E-state index is 0.0214. The summed E-state index contributed by atoms with van der Waals surface area (Å²) in [7, 11) is 0. The van der Waals surface area contributed by atoms with E-state index in [2.05, 4.69) is 13.8 Å². The lowest BCUT2D eigenvalue weighted by Crippen LogP contribution is -2.40. The molecule has 0 spiro atoms. The summed E-state index contributed by atoms with van der Waals surface area (Å²) in [5.74, 6) is 0. The van der Waals surface area contributed by atoms with Crippen LogP contribution in [0.4, 0.5) is 0 Å². The van der Waals surface area contributed by atoms with Gasteiger partial charge >= 0.3 is 0 Å². The van der Waals surface area contributed by atoms with Crippen molar-refractivity contribution in [3.63, 3.8) is 0 Å². The standard InChI is InChI=1S/C10H20O/c1-3-5-10(6-4-2)7-9(11)8-10/h9,11H,3-8H2,1-2H3. The highest BCUT2D eigenvalue weighted by Crippen LogP contribution is 2.48. The van der Waals surface area contributed by atoms with Gasteiger partial charge in [0.25, 0.3) is 0 Å². The van der Waals surface area contributed by atoms with Gasteiger partial charge < -0.3 is 5.11 Å². The Morgan fingerprint density at radius 1 is 1.18 bits per heavy atom. The molecule has 1 nitrogen and oxygen atoms in total. The van der Waals surface area contributed by atoms with Crippen LogP contribution in [0.25, 0.3) is 0 Å². The molecule has 0 aliphatic heterocycles. The van der Waals surface area contributed by atoms with Crippen LogP contribution in [0.5, 0.6) is 0 Å². The molecule has 0 heterocycles. The summed E-state index contributed by atoms with van der Waals surface area (Å²) in [6, 6.07) is 0. The van der Waals surface area contributed by atoms with E-state index in [1.807, 2.05) is 0 Å². The molecule has 1 heteroatoms. The van der Waals surface area contributed by atoms with Crippen molar-refractivity contribution in [1.82, 2.24) is 0 Å². The molecule has 0 amide bonds. The van der Waals surface area contributed by atoms with Crippen molar-refractivity contribution in [2.45, 2.75) is 58.5 Å². The molecule has 11 heavy (non-hydrogen) atoms. The molecular weight excluding hydrogens is 136 g/mol. The molecule has 1 fully saturated rings. The average molecular weight is 156 g/mol. The lowest BCUT2D eigenvalue weighted by Gasteiger charge is -2.45. The molecule has 1 aliphatic carbocycles. The maximum Gasteiger partial charge on any atom is 0.0550 e. The van der Waals surface area contributed by atoms with Gasteiger partial charge in [-0.25, -0.2) is 0 Å². The minimum Gasteiger partial charge on any atom is -0.393 e. The summed E-state index contributed by atoms with van der Waals surface area (Å²) >= 11 is 0. The summed E-state index contributed by atoms with van der Waals surface area (Å²) in [5.41, 5.74) is 0.545. The Morgan fingerprint density at radius 3 is 1.91 bits per heavy atom. The molecule has 0 saturated heterocycles. The second-order valence-corrected chi connectivity index (χ2v) is 4.06. The number of aliphatic hydroxyl groups excluding tert-OH is 1. The molecule has 0 aromatic heterocycles. The Bertz CT molecular complexity index is 98.5. The smallest absolute Gasteiger partial charge is 0.0550 e. The zero-order valence-corrected chi connectivity index (χ0v) is 7.77. The summed E-state index contributed by atoms with van der Waals surface area (Å²) in [6.07, 6.45) is 7.33. The van der Waals surface area contributed by atoms with E-state index in [0.29, 0.717) is 5.41 Å². The van der Waals surface area contributed by atoms with Gasteiger partial charge in [-0.1, -0.05) is 26.7 Å². The number of rotatable bonds is 4. The minimum absolute atomic E-state index is 0.0214. The maximum absolute atomic E-state index is 9.24. The van der Waals surface area contributed by atoms with E-state index in [0.717, 1.165) is 12.8 Å². The van der Waals surface area contributed by atoms with Crippen molar-refractivity contribution in [1.29, 1.82) is 0 Å². The lowest BCUT2D eigenvalue weighted by atomic mass is 9.62. The first kappa shape index (κ1) is 9.05. The van der Waals surface area contributed by atoms with Crippen molar-refractivity contribution >= 4 is 0 Å². The first-order chi connectivity index (χ1) is 5.22. The zero-order chi connectivity index (χ0) is 8.32. The third-order valence-electron chi connectivity index (χ3n) is 2.90. The van der Waals surface area contributed by atoms with Gasteiger partial charge in [-0.05, 0) is 31.1 Å². The molecule has 1 saturated carbocycles. The summed E-state index contributed by atoms with van der Waals surface area (Å²) in [4.78, 5) is 0. The van der Waals surface area contributed by atoms with E-state index >= 15 is 0 Å². The van der Waals surface area contributed by atoms with E-state index in [4.69, 9.17) is 0 Å². The molecule has 1 rings (SSSR count). The highest BCUT2D eigenvalue weighted by molar-refractivity contribution is 4.92.